The second-order valence-electron chi connectivity index (χ2n) is 5.63. The highest BCUT2D eigenvalue weighted by molar-refractivity contribution is 7.11. The van der Waals surface area contributed by atoms with Gasteiger partial charge in [0.15, 0.2) is 17.6 Å². The summed E-state index contributed by atoms with van der Waals surface area (Å²) >= 11 is 1.68. The molecule has 6 nitrogen and oxygen atoms in total. The maximum absolute atomic E-state index is 11.9. The number of benzene rings is 1. The lowest BCUT2D eigenvalue weighted by Crippen LogP contribution is -2.44. The molecule has 1 aromatic carbocycles. The summed E-state index contributed by atoms with van der Waals surface area (Å²) in [5, 5.41) is 6.74. The minimum absolute atomic E-state index is 0.183. The van der Waals surface area contributed by atoms with Crippen molar-refractivity contribution in [3.05, 3.63) is 39.8 Å². The third-order valence-corrected chi connectivity index (χ3v) is 4.83. The second-order valence-corrected chi connectivity index (χ2v) is 6.91. The maximum Gasteiger partial charge on any atom is 0.314 e. The number of hydrogen-bond donors (Lipinski definition) is 2. The van der Waals surface area contributed by atoms with Crippen molar-refractivity contribution in [1.82, 2.24) is 15.6 Å². The zero-order valence-corrected chi connectivity index (χ0v) is 14.6. The topological polar surface area (TPSA) is 72.5 Å². The molecule has 0 saturated carbocycles. The normalized spacial score (nSPS) is 15.8. The van der Waals surface area contributed by atoms with Crippen molar-refractivity contribution in [3.8, 4) is 11.5 Å². The van der Waals surface area contributed by atoms with E-state index in [0.717, 1.165) is 22.9 Å². The lowest BCUT2D eigenvalue weighted by molar-refractivity contribution is 0.0918. The molecule has 0 unspecified atom stereocenters. The summed E-state index contributed by atoms with van der Waals surface area (Å²) in [7, 11) is 0. The predicted octanol–water partition coefficient (Wildman–Crippen LogP) is 2.44. The number of carbonyl (C=O) groups is 1. The highest BCUT2D eigenvalue weighted by Crippen LogP contribution is 2.30. The van der Waals surface area contributed by atoms with E-state index in [4.69, 9.17) is 9.47 Å². The summed E-state index contributed by atoms with van der Waals surface area (Å²) < 4.78 is 11.4. The third-order valence-electron chi connectivity index (χ3n) is 3.70. The first-order chi connectivity index (χ1) is 11.6. The molecule has 0 bridgehead atoms. The van der Waals surface area contributed by atoms with Gasteiger partial charge in [0, 0.05) is 17.8 Å². The lowest BCUT2D eigenvalue weighted by Gasteiger charge is -2.26. The van der Waals surface area contributed by atoms with E-state index in [1.807, 2.05) is 38.1 Å². The van der Waals surface area contributed by atoms with Gasteiger partial charge in [-0.2, -0.15) is 0 Å². The minimum Gasteiger partial charge on any atom is -0.486 e. The van der Waals surface area contributed by atoms with Gasteiger partial charge in [0.2, 0.25) is 0 Å². The van der Waals surface area contributed by atoms with Gasteiger partial charge in [0.05, 0.1) is 17.2 Å². The molecule has 0 fully saturated rings. The monoisotopic (exact) mass is 347 g/mol. The van der Waals surface area contributed by atoms with Gasteiger partial charge >= 0.3 is 6.03 Å². The molecule has 2 amide bonds. The molecule has 2 N–H and O–H groups in total. The average molecular weight is 347 g/mol. The van der Waals surface area contributed by atoms with E-state index >= 15 is 0 Å². The first-order valence-electron chi connectivity index (χ1n) is 7.95. The van der Waals surface area contributed by atoms with E-state index in [1.54, 1.807) is 11.3 Å². The third kappa shape index (κ3) is 4.17. The van der Waals surface area contributed by atoms with E-state index in [-0.39, 0.29) is 12.1 Å². The van der Waals surface area contributed by atoms with Crippen LogP contribution in [-0.4, -0.2) is 36.8 Å². The molecule has 7 heteroatoms. The van der Waals surface area contributed by atoms with E-state index in [9.17, 15) is 4.79 Å². The number of carbonyl (C=O) groups excluding carboxylic acids is 1. The van der Waals surface area contributed by atoms with Crippen LogP contribution < -0.4 is 20.1 Å². The first kappa shape index (κ1) is 16.6. The van der Waals surface area contributed by atoms with Crippen LogP contribution in [0.3, 0.4) is 0 Å². The summed E-state index contributed by atoms with van der Waals surface area (Å²) in [6.07, 6.45) is 0.610. The number of aryl methyl sites for hydroxylation is 2. The number of ether oxygens (including phenoxy) is 2. The Hall–Kier alpha value is -2.28. The molecule has 1 atom stereocenters. The Balaban J connectivity index is 1.38. The van der Waals surface area contributed by atoms with Crippen molar-refractivity contribution >= 4 is 17.4 Å². The van der Waals surface area contributed by atoms with Crippen LogP contribution in [0.1, 0.15) is 15.6 Å². The number of fused-ring (bicyclic) bond motifs is 1. The van der Waals surface area contributed by atoms with Crippen LogP contribution in [0.15, 0.2) is 24.3 Å². The van der Waals surface area contributed by atoms with Crippen molar-refractivity contribution in [2.45, 2.75) is 26.4 Å². The van der Waals surface area contributed by atoms with Gasteiger partial charge in [0.25, 0.3) is 0 Å². The van der Waals surface area contributed by atoms with Crippen LogP contribution in [0.2, 0.25) is 0 Å². The van der Waals surface area contributed by atoms with Crippen molar-refractivity contribution in [1.29, 1.82) is 0 Å². The van der Waals surface area contributed by atoms with Gasteiger partial charge in [-0.25, -0.2) is 9.78 Å². The molecule has 3 rings (SSSR count). The van der Waals surface area contributed by atoms with Gasteiger partial charge in [-0.05, 0) is 26.0 Å². The zero-order chi connectivity index (χ0) is 16.9. The SMILES string of the molecule is Cc1nc(C)c(CCNC(=O)NC[C@H]2COc3ccccc3O2)s1. The van der Waals surface area contributed by atoms with Crippen LogP contribution in [0, 0.1) is 13.8 Å². The summed E-state index contributed by atoms with van der Waals surface area (Å²) in [5.74, 6) is 1.46. The number of nitrogens with one attached hydrogen (secondary N) is 2. The van der Waals surface area contributed by atoms with Crippen LogP contribution in [-0.2, 0) is 6.42 Å². The average Bonchev–Trinajstić information content (AvgIpc) is 2.90. The number of rotatable bonds is 5. The highest BCUT2D eigenvalue weighted by Gasteiger charge is 2.20. The standard InChI is InChI=1S/C17H21N3O3S/c1-11-16(24-12(2)20-11)7-8-18-17(21)19-9-13-10-22-14-5-3-4-6-15(14)23-13/h3-6,13H,7-10H2,1-2H3,(H2,18,19,21)/t13-/m0/s1. The van der Waals surface area contributed by atoms with Crippen LogP contribution in [0.4, 0.5) is 4.79 Å². The fourth-order valence-corrected chi connectivity index (χ4v) is 3.46. The Labute approximate surface area is 145 Å². The molecule has 0 radical (unpaired) electrons. The summed E-state index contributed by atoms with van der Waals surface area (Å²) in [6.45, 7) is 5.40. The fourth-order valence-electron chi connectivity index (χ4n) is 2.53. The smallest absolute Gasteiger partial charge is 0.314 e. The van der Waals surface area contributed by atoms with Gasteiger partial charge in [0.1, 0.15) is 6.61 Å². The summed E-state index contributed by atoms with van der Waals surface area (Å²) in [5.41, 5.74) is 1.05. The van der Waals surface area contributed by atoms with E-state index in [0.29, 0.717) is 25.4 Å². The van der Waals surface area contributed by atoms with Gasteiger partial charge in [-0.15, -0.1) is 11.3 Å². The van der Waals surface area contributed by atoms with Crippen molar-refractivity contribution in [2.24, 2.45) is 0 Å². The molecule has 1 aliphatic rings. The van der Waals surface area contributed by atoms with Gasteiger partial charge in [-0.1, -0.05) is 12.1 Å². The molecular formula is C17H21N3O3S. The molecule has 24 heavy (non-hydrogen) atoms. The number of thiazole rings is 1. The predicted molar refractivity (Wildman–Crippen MR) is 93.0 cm³/mol. The van der Waals surface area contributed by atoms with Crippen molar-refractivity contribution in [3.63, 3.8) is 0 Å². The maximum atomic E-state index is 11.9. The van der Waals surface area contributed by atoms with Gasteiger partial charge in [-0.3, -0.25) is 0 Å². The summed E-state index contributed by atoms with van der Waals surface area (Å²) in [6, 6.07) is 7.33. The second kappa shape index (κ2) is 7.53. The number of nitrogens with zero attached hydrogens (tertiary/aromatic N) is 1. The van der Waals surface area contributed by atoms with Crippen LogP contribution in [0.25, 0.3) is 0 Å². The minimum atomic E-state index is -0.198. The number of hydrogen-bond acceptors (Lipinski definition) is 5. The van der Waals surface area contributed by atoms with Crippen LogP contribution in [0.5, 0.6) is 11.5 Å². The molecule has 128 valence electrons. The van der Waals surface area contributed by atoms with E-state index < -0.39 is 0 Å². The van der Waals surface area contributed by atoms with Gasteiger partial charge < -0.3 is 20.1 Å². The molecular weight excluding hydrogens is 326 g/mol. The lowest BCUT2D eigenvalue weighted by atomic mass is 10.2. The molecule has 1 aromatic heterocycles. The number of aromatic nitrogens is 1. The molecule has 1 aliphatic heterocycles. The molecule has 0 saturated heterocycles. The Kier molecular flexibility index (Phi) is 5.20. The van der Waals surface area contributed by atoms with E-state index in [2.05, 4.69) is 15.6 Å². The molecule has 2 aromatic rings. The Morgan fingerprint density at radius 1 is 1.29 bits per heavy atom. The number of urea groups is 1. The van der Waals surface area contributed by atoms with E-state index in [1.165, 1.54) is 4.88 Å². The number of para-hydroxylation sites is 2. The molecule has 0 aliphatic carbocycles. The van der Waals surface area contributed by atoms with Crippen molar-refractivity contribution < 1.29 is 14.3 Å². The highest BCUT2D eigenvalue weighted by atomic mass is 32.1. The quantitative estimate of drug-likeness (QED) is 0.871. The zero-order valence-electron chi connectivity index (χ0n) is 13.8. The summed E-state index contributed by atoms with van der Waals surface area (Å²) in [4.78, 5) is 17.5. The largest absolute Gasteiger partial charge is 0.486 e. The Bertz CT molecular complexity index is 717. The Morgan fingerprint density at radius 2 is 2.08 bits per heavy atom. The Morgan fingerprint density at radius 3 is 2.83 bits per heavy atom. The molecule has 0 spiro atoms. The van der Waals surface area contributed by atoms with Crippen molar-refractivity contribution in [2.75, 3.05) is 19.7 Å². The molecule has 2 heterocycles. The number of amides is 2. The van der Waals surface area contributed by atoms with Crippen LogP contribution >= 0.6 is 11.3 Å². The fraction of sp³-hybridized carbons (Fsp3) is 0.412. The first-order valence-corrected chi connectivity index (χ1v) is 8.76.